The Morgan fingerprint density at radius 1 is 0.774 bits per heavy atom. The number of tetrazole rings is 2. The van der Waals surface area contributed by atoms with Crippen molar-refractivity contribution in [3.63, 3.8) is 0 Å². The van der Waals surface area contributed by atoms with Gasteiger partial charge in [0, 0.05) is 25.5 Å². The van der Waals surface area contributed by atoms with Crippen LogP contribution in [0.1, 0.15) is 6.42 Å². The highest BCUT2D eigenvalue weighted by Gasteiger charge is 2.43. The average molecular weight is 453 g/mol. The SMILES string of the molecule is CN(c1cccc(-n2nnnc2S)c1)C1CC1N(C)c1cccc(-n2nnnc2S)c1. The fraction of sp³-hybridized carbons (Fsp3) is 0.263. The van der Waals surface area contributed by atoms with Gasteiger partial charge in [-0.1, -0.05) is 12.1 Å². The van der Waals surface area contributed by atoms with Crippen LogP contribution in [0.25, 0.3) is 11.4 Å². The zero-order chi connectivity index (χ0) is 21.5. The van der Waals surface area contributed by atoms with Crippen molar-refractivity contribution in [3.05, 3.63) is 48.5 Å². The van der Waals surface area contributed by atoms with E-state index in [4.69, 9.17) is 0 Å². The first-order valence-electron chi connectivity index (χ1n) is 9.64. The van der Waals surface area contributed by atoms with Gasteiger partial charge in [-0.05, 0) is 63.7 Å². The Balaban J connectivity index is 1.33. The molecule has 10 nitrogen and oxygen atoms in total. The highest BCUT2D eigenvalue weighted by molar-refractivity contribution is 7.80. The molecule has 1 aliphatic carbocycles. The molecule has 2 atom stereocenters. The van der Waals surface area contributed by atoms with Crippen LogP contribution in [0.2, 0.25) is 0 Å². The Bertz CT molecular complexity index is 1130. The van der Waals surface area contributed by atoms with Gasteiger partial charge in [-0.3, -0.25) is 0 Å². The van der Waals surface area contributed by atoms with Gasteiger partial charge in [0.15, 0.2) is 0 Å². The van der Waals surface area contributed by atoms with Crippen LogP contribution in [0.15, 0.2) is 58.8 Å². The van der Waals surface area contributed by atoms with Gasteiger partial charge < -0.3 is 9.80 Å². The molecule has 0 spiro atoms. The third-order valence-electron chi connectivity index (χ3n) is 5.59. The molecule has 0 aliphatic heterocycles. The minimum absolute atomic E-state index is 0.390. The number of rotatable bonds is 6. The molecule has 4 aromatic rings. The van der Waals surface area contributed by atoms with Crippen LogP contribution < -0.4 is 9.80 Å². The lowest BCUT2D eigenvalue weighted by molar-refractivity contribution is 0.755. The second kappa shape index (κ2) is 7.85. The highest BCUT2D eigenvalue weighted by atomic mass is 32.1. The fourth-order valence-electron chi connectivity index (χ4n) is 3.77. The van der Waals surface area contributed by atoms with Gasteiger partial charge in [0.25, 0.3) is 0 Å². The summed E-state index contributed by atoms with van der Waals surface area (Å²) < 4.78 is 3.22. The Kier molecular flexibility index (Phi) is 5.02. The molecule has 2 unspecified atom stereocenters. The van der Waals surface area contributed by atoms with Crippen molar-refractivity contribution in [2.24, 2.45) is 0 Å². The summed E-state index contributed by atoms with van der Waals surface area (Å²) in [5.41, 5.74) is 3.95. The molecule has 2 heterocycles. The summed E-state index contributed by atoms with van der Waals surface area (Å²) in [4.78, 5) is 4.59. The zero-order valence-corrected chi connectivity index (χ0v) is 18.6. The molecule has 5 rings (SSSR count). The highest BCUT2D eigenvalue weighted by Crippen LogP contribution is 2.37. The molecule has 2 aromatic heterocycles. The van der Waals surface area contributed by atoms with Crippen LogP contribution in [0.4, 0.5) is 11.4 Å². The second-order valence-corrected chi connectivity index (χ2v) is 8.21. The molecular weight excluding hydrogens is 432 g/mol. The first-order valence-corrected chi connectivity index (χ1v) is 10.5. The van der Waals surface area contributed by atoms with Gasteiger partial charge in [-0.25, -0.2) is 0 Å². The average Bonchev–Trinajstić information content (AvgIpc) is 3.29. The van der Waals surface area contributed by atoms with Gasteiger partial charge >= 0.3 is 0 Å². The molecule has 0 bridgehead atoms. The van der Waals surface area contributed by atoms with E-state index in [2.05, 4.69) is 104 Å². The monoisotopic (exact) mass is 452 g/mol. The summed E-state index contributed by atoms with van der Waals surface area (Å²) in [6, 6.07) is 17.0. The number of likely N-dealkylation sites (N-methyl/N-ethyl adjacent to an activating group) is 2. The van der Waals surface area contributed by atoms with Crippen molar-refractivity contribution in [3.8, 4) is 11.4 Å². The van der Waals surface area contributed by atoms with E-state index >= 15 is 0 Å². The van der Waals surface area contributed by atoms with Crippen molar-refractivity contribution >= 4 is 36.6 Å². The zero-order valence-electron chi connectivity index (χ0n) is 16.8. The summed E-state index contributed by atoms with van der Waals surface area (Å²) >= 11 is 8.61. The standard InChI is InChI=1S/C19H20N10S2/c1-26(12-5-3-7-14(9-12)28-18(30)20-22-24-28)16-11-17(16)27(2)13-6-4-8-15(10-13)29-19(31)21-23-25-29/h3-10,16-17H,11H2,1-2H3,(H,20,24,30)(H,21,25,31). The maximum absolute atomic E-state index is 4.31. The predicted molar refractivity (Wildman–Crippen MR) is 122 cm³/mol. The van der Waals surface area contributed by atoms with Crippen LogP contribution >= 0.6 is 25.3 Å². The molecule has 1 fully saturated rings. The molecule has 1 aliphatic rings. The largest absolute Gasteiger partial charge is 0.369 e. The van der Waals surface area contributed by atoms with Crippen molar-refractivity contribution in [1.82, 2.24) is 40.4 Å². The Labute approximate surface area is 189 Å². The number of hydrogen-bond donors (Lipinski definition) is 2. The molecular formula is C19H20N10S2. The molecule has 0 radical (unpaired) electrons. The van der Waals surface area contributed by atoms with E-state index in [0.717, 1.165) is 29.2 Å². The number of aromatic nitrogens is 8. The number of anilines is 2. The van der Waals surface area contributed by atoms with E-state index in [0.29, 0.717) is 22.4 Å². The van der Waals surface area contributed by atoms with Gasteiger partial charge in [-0.15, -0.1) is 35.5 Å². The molecule has 2 aromatic carbocycles. The van der Waals surface area contributed by atoms with E-state index < -0.39 is 0 Å². The first kappa shape index (κ1) is 19.8. The van der Waals surface area contributed by atoms with Crippen LogP contribution in [0.3, 0.4) is 0 Å². The van der Waals surface area contributed by atoms with Gasteiger partial charge in [0.1, 0.15) is 0 Å². The first-order chi connectivity index (χ1) is 15.0. The minimum Gasteiger partial charge on any atom is -0.369 e. The van der Waals surface area contributed by atoms with Crippen LogP contribution in [0, 0.1) is 0 Å². The number of benzene rings is 2. The number of hydrogen-bond acceptors (Lipinski definition) is 10. The van der Waals surface area contributed by atoms with Crippen molar-refractivity contribution in [2.75, 3.05) is 23.9 Å². The van der Waals surface area contributed by atoms with Crippen LogP contribution in [0.5, 0.6) is 0 Å². The normalized spacial score (nSPS) is 17.5. The summed E-state index contributed by atoms with van der Waals surface area (Å²) in [5, 5.41) is 23.9. The summed E-state index contributed by atoms with van der Waals surface area (Å²) in [5.74, 6) is 0. The molecule has 31 heavy (non-hydrogen) atoms. The number of nitrogens with zero attached hydrogens (tertiary/aromatic N) is 10. The van der Waals surface area contributed by atoms with Crippen molar-refractivity contribution in [1.29, 1.82) is 0 Å². The molecule has 1 saturated carbocycles. The van der Waals surface area contributed by atoms with E-state index in [1.54, 1.807) is 9.36 Å². The Morgan fingerprint density at radius 3 is 1.61 bits per heavy atom. The van der Waals surface area contributed by atoms with E-state index in [1.165, 1.54) is 0 Å². The summed E-state index contributed by atoms with van der Waals surface area (Å²) in [7, 11) is 4.23. The minimum atomic E-state index is 0.390. The predicted octanol–water partition coefficient (Wildman–Crippen LogP) is 1.93. The fourth-order valence-corrected chi connectivity index (χ4v) is 4.16. The topological polar surface area (TPSA) is 93.7 Å². The van der Waals surface area contributed by atoms with E-state index in [9.17, 15) is 0 Å². The van der Waals surface area contributed by atoms with Gasteiger partial charge in [-0.2, -0.15) is 9.36 Å². The molecule has 0 N–H and O–H groups in total. The quantitative estimate of drug-likeness (QED) is 0.429. The van der Waals surface area contributed by atoms with E-state index in [1.807, 2.05) is 24.3 Å². The lowest BCUT2D eigenvalue weighted by Gasteiger charge is -2.25. The summed E-state index contributed by atoms with van der Waals surface area (Å²) in [6.07, 6.45) is 1.06. The summed E-state index contributed by atoms with van der Waals surface area (Å²) in [6.45, 7) is 0. The lowest BCUT2D eigenvalue weighted by atomic mass is 10.2. The van der Waals surface area contributed by atoms with Crippen LogP contribution in [-0.4, -0.2) is 66.6 Å². The Morgan fingerprint density at radius 2 is 1.23 bits per heavy atom. The second-order valence-electron chi connectivity index (χ2n) is 7.41. The van der Waals surface area contributed by atoms with Gasteiger partial charge in [0.05, 0.1) is 23.5 Å². The number of thiol groups is 2. The third kappa shape index (κ3) is 3.72. The lowest BCUT2D eigenvalue weighted by Crippen LogP contribution is -2.30. The maximum Gasteiger partial charge on any atom is 0.211 e. The smallest absolute Gasteiger partial charge is 0.211 e. The van der Waals surface area contributed by atoms with Crippen LogP contribution in [-0.2, 0) is 0 Å². The van der Waals surface area contributed by atoms with Crippen molar-refractivity contribution in [2.45, 2.75) is 28.8 Å². The van der Waals surface area contributed by atoms with Gasteiger partial charge in [0.2, 0.25) is 10.3 Å². The van der Waals surface area contributed by atoms with E-state index in [-0.39, 0.29) is 0 Å². The molecule has 0 amide bonds. The van der Waals surface area contributed by atoms with Crippen molar-refractivity contribution < 1.29 is 0 Å². The maximum atomic E-state index is 4.31. The molecule has 0 saturated heterocycles. The Hall–Kier alpha value is -3.12. The third-order valence-corrected chi connectivity index (χ3v) is 6.15. The molecule has 12 heteroatoms. The molecule has 158 valence electrons.